The second kappa shape index (κ2) is 8.76. The van der Waals surface area contributed by atoms with Crippen molar-refractivity contribution in [2.24, 2.45) is 0 Å². The summed E-state index contributed by atoms with van der Waals surface area (Å²) in [6.07, 6.45) is 3.64. The molecule has 0 unspecified atom stereocenters. The summed E-state index contributed by atoms with van der Waals surface area (Å²) in [5.41, 5.74) is 1.22. The number of sulfonamides is 1. The van der Waals surface area contributed by atoms with Gasteiger partial charge in [-0.2, -0.15) is 0 Å². The van der Waals surface area contributed by atoms with Crippen LogP contribution in [0.2, 0.25) is 0 Å². The summed E-state index contributed by atoms with van der Waals surface area (Å²) in [6, 6.07) is 12.2. The summed E-state index contributed by atoms with van der Waals surface area (Å²) in [6.45, 7) is 2.11. The highest BCUT2D eigenvalue weighted by Crippen LogP contribution is 2.34. The average Bonchev–Trinajstić information content (AvgIpc) is 2.61. The fourth-order valence-electron chi connectivity index (χ4n) is 2.67. The molecule has 0 aliphatic heterocycles. The number of para-hydroxylation sites is 1. The lowest BCUT2D eigenvalue weighted by atomic mass is 10.1. The zero-order valence-corrected chi connectivity index (χ0v) is 15.7. The van der Waals surface area contributed by atoms with Gasteiger partial charge in [0.15, 0.2) is 0 Å². The Morgan fingerprint density at radius 3 is 2.32 bits per heavy atom. The largest absolute Gasteiger partial charge is 0.497 e. The Morgan fingerprint density at radius 1 is 1.00 bits per heavy atom. The number of nitrogens with one attached hydrogen (secondary N) is 1. The van der Waals surface area contributed by atoms with Gasteiger partial charge in [0.05, 0.1) is 14.2 Å². The molecule has 0 aromatic heterocycles. The van der Waals surface area contributed by atoms with Crippen LogP contribution in [0, 0.1) is 0 Å². The summed E-state index contributed by atoms with van der Waals surface area (Å²) in [4.78, 5) is 0.177. The maximum absolute atomic E-state index is 13.0. The molecule has 0 saturated carbocycles. The van der Waals surface area contributed by atoms with E-state index in [9.17, 15) is 8.42 Å². The molecule has 6 heteroatoms. The van der Waals surface area contributed by atoms with E-state index in [1.807, 2.05) is 6.07 Å². The van der Waals surface area contributed by atoms with Crippen LogP contribution in [-0.4, -0.2) is 22.6 Å². The van der Waals surface area contributed by atoms with E-state index in [-0.39, 0.29) is 10.6 Å². The first kappa shape index (κ1) is 19.1. The molecule has 0 amide bonds. The molecule has 0 atom stereocenters. The van der Waals surface area contributed by atoms with Crippen molar-refractivity contribution in [2.45, 2.75) is 37.5 Å². The molecule has 2 aromatic carbocycles. The Hall–Kier alpha value is -2.21. The third kappa shape index (κ3) is 4.89. The van der Waals surface area contributed by atoms with E-state index in [1.54, 1.807) is 43.5 Å². The number of aryl methyl sites for hydroxylation is 1. The van der Waals surface area contributed by atoms with Crippen LogP contribution in [-0.2, 0) is 16.4 Å². The number of methoxy groups -OCH3 is 2. The quantitative estimate of drug-likeness (QED) is 0.677. The van der Waals surface area contributed by atoms with Crippen molar-refractivity contribution in [1.29, 1.82) is 0 Å². The minimum atomic E-state index is -3.78. The lowest BCUT2D eigenvalue weighted by Gasteiger charge is -2.17. The van der Waals surface area contributed by atoms with E-state index in [2.05, 4.69) is 11.6 Å². The molecule has 25 heavy (non-hydrogen) atoms. The monoisotopic (exact) mass is 363 g/mol. The molecule has 0 aliphatic carbocycles. The van der Waals surface area contributed by atoms with Gasteiger partial charge in [-0.05, 0) is 36.6 Å². The molecule has 0 radical (unpaired) electrons. The minimum Gasteiger partial charge on any atom is -0.497 e. The summed E-state index contributed by atoms with van der Waals surface area (Å²) < 4.78 is 39.3. The zero-order chi connectivity index (χ0) is 18.3. The van der Waals surface area contributed by atoms with Gasteiger partial charge in [-0.15, -0.1) is 0 Å². The maximum atomic E-state index is 13.0. The van der Waals surface area contributed by atoms with Gasteiger partial charge < -0.3 is 9.47 Å². The predicted molar refractivity (Wildman–Crippen MR) is 100 cm³/mol. The standard InChI is InChI=1S/C19H25NO4S/c1-4-5-7-10-15-13-17(23-2)14-18(24-3)19(15)25(21,22)20-16-11-8-6-9-12-16/h6,8-9,11-14,20H,4-5,7,10H2,1-3H3. The molecule has 1 N–H and O–H groups in total. The van der Waals surface area contributed by atoms with Gasteiger partial charge in [0.2, 0.25) is 0 Å². The summed E-state index contributed by atoms with van der Waals surface area (Å²) >= 11 is 0. The minimum absolute atomic E-state index is 0.177. The van der Waals surface area contributed by atoms with Crippen LogP contribution in [0.25, 0.3) is 0 Å². The predicted octanol–water partition coefficient (Wildman–Crippen LogP) is 4.24. The highest BCUT2D eigenvalue weighted by atomic mass is 32.2. The SMILES string of the molecule is CCCCCc1cc(OC)cc(OC)c1S(=O)(=O)Nc1ccccc1. The zero-order valence-electron chi connectivity index (χ0n) is 14.9. The number of hydrogen-bond donors (Lipinski definition) is 1. The molecular formula is C19H25NO4S. The van der Waals surface area contributed by atoms with Gasteiger partial charge >= 0.3 is 0 Å². The van der Waals surface area contributed by atoms with Crippen LogP contribution in [0.4, 0.5) is 5.69 Å². The second-order valence-corrected chi connectivity index (χ2v) is 7.37. The molecule has 2 aromatic rings. The molecule has 5 nitrogen and oxygen atoms in total. The average molecular weight is 363 g/mol. The molecule has 136 valence electrons. The number of ether oxygens (including phenoxy) is 2. The van der Waals surface area contributed by atoms with Crippen molar-refractivity contribution >= 4 is 15.7 Å². The van der Waals surface area contributed by atoms with Gasteiger partial charge in [-0.3, -0.25) is 4.72 Å². The van der Waals surface area contributed by atoms with Gasteiger partial charge in [0, 0.05) is 11.8 Å². The Balaban J connectivity index is 2.48. The van der Waals surface area contributed by atoms with E-state index >= 15 is 0 Å². The smallest absolute Gasteiger partial charge is 0.265 e. The van der Waals surface area contributed by atoms with Crippen molar-refractivity contribution in [3.05, 3.63) is 48.0 Å². The number of unbranched alkanes of at least 4 members (excludes halogenated alkanes) is 2. The molecule has 2 rings (SSSR count). The van der Waals surface area contributed by atoms with Gasteiger partial charge in [-0.1, -0.05) is 38.0 Å². The first-order chi connectivity index (χ1) is 12.0. The fourth-order valence-corrected chi connectivity index (χ4v) is 4.13. The molecular weight excluding hydrogens is 338 g/mol. The maximum Gasteiger partial charge on any atom is 0.265 e. The lowest BCUT2D eigenvalue weighted by molar-refractivity contribution is 0.384. The number of hydrogen-bond acceptors (Lipinski definition) is 4. The Kier molecular flexibility index (Phi) is 6.70. The van der Waals surface area contributed by atoms with E-state index in [0.29, 0.717) is 23.4 Å². The first-order valence-electron chi connectivity index (χ1n) is 8.34. The molecule has 0 saturated heterocycles. The van der Waals surface area contributed by atoms with Gasteiger partial charge in [0.25, 0.3) is 10.0 Å². The van der Waals surface area contributed by atoms with Crippen LogP contribution < -0.4 is 14.2 Å². The molecule has 0 aliphatic rings. The van der Waals surface area contributed by atoms with Crippen LogP contribution >= 0.6 is 0 Å². The molecule has 0 heterocycles. The van der Waals surface area contributed by atoms with Crippen molar-refractivity contribution in [2.75, 3.05) is 18.9 Å². The Labute approximate surface area is 150 Å². The molecule has 0 bridgehead atoms. The van der Waals surface area contributed by atoms with Crippen LogP contribution in [0.3, 0.4) is 0 Å². The highest BCUT2D eigenvalue weighted by Gasteiger charge is 2.25. The third-order valence-corrected chi connectivity index (χ3v) is 5.41. The normalized spacial score (nSPS) is 11.2. The first-order valence-corrected chi connectivity index (χ1v) is 9.83. The Bertz CT molecular complexity index is 789. The summed E-state index contributed by atoms with van der Waals surface area (Å²) in [7, 11) is -0.758. The lowest BCUT2D eigenvalue weighted by Crippen LogP contribution is -2.16. The number of rotatable bonds is 9. The van der Waals surface area contributed by atoms with Crippen molar-refractivity contribution in [3.8, 4) is 11.5 Å². The van der Waals surface area contributed by atoms with E-state index in [0.717, 1.165) is 19.3 Å². The summed E-state index contributed by atoms with van der Waals surface area (Å²) in [5, 5.41) is 0. The van der Waals surface area contributed by atoms with Crippen LogP contribution in [0.15, 0.2) is 47.4 Å². The number of benzene rings is 2. The highest BCUT2D eigenvalue weighted by molar-refractivity contribution is 7.92. The fraction of sp³-hybridized carbons (Fsp3) is 0.368. The van der Waals surface area contributed by atoms with Gasteiger partial charge in [0.1, 0.15) is 16.4 Å². The van der Waals surface area contributed by atoms with Crippen molar-refractivity contribution in [3.63, 3.8) is 0 Å². The molecule has 0 spiro atoms. The molecule has 0 fully saturated rings. The van der Waals surface area contributed by atoms with E-state index < -0.39 is 10.0 Å². The van der Waals surface area contributed by atoms with Crippen molar-refractivity contribution in [1.82, 2.24) is 0 Å². The van der Waals surface area contributed by atoms with Crippen LogP contribution in [0.5, 0.6) is 11.5 Å². The number of anilines is 1. The second-order valence-electron chi connectivity index (χ2n) is 5.75. The third-order valence-electron chi connectivity index (χ3n) is 3.91. The Morgan fingerprint density at radius 2 is 1.72 bits per heavy atom. The van der Waals surface area contributed by atoms with Gasteiger partial charge in [-0.25, -0.2) is 8.42 Å². The van der Waals surface area contributed by atoms with E-state index in [4.69, 9.17) is 9.47 Å². The van der Waals surface area contributed by atoms with E-state index in [1.165, 1.54) is 7.11 Å². The topological polar surface area (TPSA) is 64.6 Å². The van der Waals surface area contributed by atoms with Crippen LogP contribution in [0.1, 0.15) is 31.7 Å². The van der Waals surface area contributed by atoms with Crippen molar-refractivity contribution < 1.29 is 17.9 Å². The summed E-state index contributed by atoms with van der Waals surface area (Å²) in [5.74, 6) is 0.872.